The van der Waals surface area contributed by atoms with E-state index < -0.39 is 11.4 Å². The van der Waals surface area contributed by atoms with Gasteiger partial charge < -0.3 is 4.74 Å². The molecule has 90 valence electrons. The lowest BCUT2D eigenvalue weighted by Crippen LogP contribution is -2.41. The summed E-state index contributed by atoms with van der Waals surface area (Å²) >= 11 is 3.26. The van der Waals surface area contributed by atoms with Crippen LogP contribution in [0.5, 0.6) is 0 Å². The summed E-state index contributed by atoms with van der Waals surface area (Å²) < 4.78 is 5.03. The maximum absolute atomic E-state index is 12.0. The predicted octanol–water partition coefficient (Wildman–Crippen LogP) is 2.63. The molecule has 0 aromatic rings. The van der Waals surface area contributed by atoms with Crippen molar-refractivity contribution in [1.29, 1.82) is 0 Å². The van der Waals surface area contributed by atoms with E-state index in [2.05, 4.69) is 15.9 Å². The minimum atomic E-state index is -1.01. The van der Waals surface area contributed by atoms with Gasteiger partial charge in [0.25, 0.3) is 0 Å². The van der Waals surface area contributed by atoms with Crippen molar-refractivity contribution in [1.82, 2.24) is 0 Å². The van der Waals surface area contributed by atoms with Gasteiger partial charge in [0.15, 0.2) is 5.78 Å². The van der Waals surface area contributed by atoms with E-state index in [9.17, 15) is 9.59 Å². The lowest BCUT2D eigenvalue weighted by atomic mass is 9.73. The van der Waals surface area contributed by atoms with Crippen molar-refractivity contribution in [2.75, 3.05) is 11.9 Å². The number of Topliss-reactive ketones (excluding diaryl/α,β-unsaturated/α-hetero) is 1. The van der Waals surface area contributed by atoms with Gasteiger partial charge in [0.05, 0.1) is 6.61 Å². The molecule has 1 fully saturated rings. The van der Waals surface area contributed by atoms with Gasteiger partial charge in [0.2, 0.25) is 0 Å². The van der Waals surface area contributed by atoms with Crippen molar-refractivity contribution in [3.63, 3.8) is 0 Å². The van der Waals surface area contributed by atoms with Gasteiger partial charge in [-0.15, -0.1) is 0 Å². The molecule has 0 bridgehead atoms. The van der Waals surface area contributed by atoms with Crippen molar-refractivity contribution in [2.45, 2.75) is 32.6 Å². The number of allylic oxidation sites excluding steroid dienone is 1. The first kappa shape index (κ1) is 13.4. The Balaban J connectivity index is 2.94. The summed E-state index contributed by atoms with van der Waals surface area (Å²) in [4.78, 5) is 23.9. The lowest BCUT2D eigenvalue weighted by Gasteiger charge is -2.30. The van der Waals surface area contributed by atoms with E-state index in [-0.39, 0.29) is 5.78 Å². The minimum Gasteiger partial charge on any atom is -0.465 e. The second-order valence-corrected chi connectivity index (χ2v) is 4.53. The molecule has 0 aliphatic heterocycles. The van der Waals surface area contributed by atoms with E-state index in [0.717, 1.165) is 12.8 Å². The number of halogens is 1. The van der Waals surface area contributed by atoms with Gasteiger partial charge in [0.1, 0.15) is 5.41 Å². The molecule has 3 nitrogen and oxygen atoms in total. The molecule has 0 aromatic heterocycles. The molecule has 1 unspecified atom stereocenters. The molecular weight excluding hydrogens is 272 g/mol. The van der Waals surface area contributed by atoms with Crippen LogP contribution in [-0.4, -0.2) is 23.7 Å². The first-order valence-corrected chi connectivity index (χ1v) is 6.73. The van der Waals surface area contributed by atoms with Crippen molar-refractivity contribution in [2.24, 2.45) is 5.41 Å². The van der Waals surface area contributed by atoms with E-state index in [1.807, 2.05) is 0 Å². The number of esters is 1. The number of hydrogen-bond acceptors (Lipinski definition) is 3. The molecule has 1 aliphatic rings. The van der Waals surface area contributed by atoms with Crippen LogP contribution in [0.15, 0.2) is 12.2 Å². The number of ketones is 1. The fourth-order valence-electron chi connectivity index (χ4n) is 2.02. The number of alkyl halides is 1. The van der Waals surface area contributed by atoms with Crippen LogP contribution in [0.2, 0.25) is 0 Å². The van der Waals surface area contributed by atoms with Gasteiger partial charge in [-0.1, -0.05) is 34.5 Å². The summed E-state index contributed by atoms with van der Waals surface area (Å²) in [7, 11) is 0. The molecule has 1 saturated carbocycles. The number of ether oxygens (including phenoxy) is 1. The Kier molecular flexibility index (Phi) is 5.19. The third-order valence-corrected chi connectivity index (χ3v) is 3.23. The third-order valence-electron chi connectivity index (χ3n) is 2.85. The van der Waals surface area contributed by atoms with Crippen LogP contribution in [-0.2, 0) is 14.3 Å². The smallest absolute Gasteiger partial charge is 0.323 e. The lowest BCUT2D eigenvalue weighted by molar-refractivity contribution is -0.158. The van der Waals surface area contributed by atoms with Crippen LogP contribution in [0.3, 0.4) is 0 Å². The van der Waals surface area contributed by atoms with Crippen molar-refractivity contribution >= 4 is 27.7 Å². The zero-order valence-corrected chi connectivity index (χ0v) is 11.1. The molecule has 0 spiro atoms. The molecule has 1 aliphatic carbocycles. The zero-order chi connectivity index (χ0) is 12.0. The van der Waals surface area contributed by atoms with Gasteiger partial charge in [0, 0.05) is 11.8 Å². The Morgan fingerprint density at radius 3 is 2.88 bits per heavy atom. The quantitative estimate of drug-likeness (QED) is 0.346. The molecule has 4 heteroatoms. The predicted molar refractivity (Wildman–Crippen MR) is 65.5 cm³/mol. The van der Waals surface area contributed by atoms with E-state index in [1.165, 1.54) is 0 Å². The molecule has 1 atom stereocenters. The van der Waals surface area contributed by atoms with E-state index in [4.69, 9.17) is 4.74 Å². The van der Waals surface area contributed by atoms with Crippen LogP contribution < -0.4 is 0 Å². The van der Waals surface area contributed by atoms with Gasteiger partial charge in [-0.3, -0.25) is 9.59 Å². The average Bonchev–Trinajstić information content (AvgIpc) is 2.28. The molecule has 0 saturated heterocycles. The zero-order valence-electron chi connectivity index (χ0n) is 9.50. The maximum atomic E-state index is 12.0. The Hall–Kier alpha value is -0.640. The second-order valence-electron chi connectivity index (χ2n) is 3.88. The Bertz CT molecular complexity index is 299. The largest absolute Gasteiger partial charge is 0.465 e. The van der Waals surface area contributed by atoms with Crippen LogP contribution in [0.4, 0.5) is 0 Å². The monoisotopic (exact) mass is 288 g/mol. The molecule has 0 radical (unpaired) electrons. The summed E-state index contributed by atoms with van der Waals surface area (Å²) in [6.45, 7) is 2.07. The fourth-order valence-corrected chi connectivity index (χ4v) is 2.20. The average molecular weight is 289 g/mol. The molecule has 1 rings (SSSR count). The van der Waals surface area contributed by atoms with Gasteiger partial charge in [-0.2, -0.15) is 0 Å². The summed E-state index contributed by atoms with van der Waals surface area (Å²) in [6, 6.07) is 0. The summed E-state index contributed by atoms with van der Waals surface area (Å²) in [5, 5.41) is 0.640. The molecule has 0 heterocycles. The number of rotatable bonds is 4. The van der Waals surface area contributed by atoms with Gasteiger partial charge in [-0.05, 0) is 19.8 Å². The van der Waals surface area contributed by atoms with Crippen LogP contribution in [0, 0.1) is 5.41 Å². The number of carbonyl (C=O) groups is 2. The summed E-state index contributed by atoms with van der Waals surface area (Å²) in [5.41, 5.74) is -1.01. The third kappa shape index (κ3) is 2.73. The Labute approximate surface area is 104 Å². The first-order valence-electron chi connectivity index (χ1n) is 5.61. The highest BCUT2D eigenvalue weighted by molar-refractivity contribution is 9.09. The van der Waals surface area contributed by atoms with Crippen LogP contribution in [0.1, 0.15) is 32.6 Å². The highest BCUT2D eigenvalue weighted by atomic mass is 79.9. The minimum absolute atomic E-state index is 0.00519. The number of hydrogen-bond donors (Lipinski definition) is 0. The molecule has 0 N–H and O–H groups in total. The Morgan fingerprint density at radius 2 is 2.31 bits per heavy atom. The van der Waals surface area contributed by atoms with E-state index in [1.54, 1.807) is 19.1 Å². The highest BCUT2D eigenvalue weighted by Gasteiger charge is 2.45. The Morgan fingerprint density at radius 1 is 1.56 bits per heavy atom. The van der Waals surface area contributed by atoms with Crippen molar-refractivity contribution < 1.29 is 14.3 Å². The summed E-state index contributed by atoms with van der Waals surface area (Å²) in [5.74, 6) is -0.397. The maximum Gasteiger partial charge on any atom is 0.323 e. The first-order chi connectivity index (χ1) is 7.67. The van der Waals surface area contributed by atoms with E-state index in [0.29, 0.717) is 24.8 Å². The second kappa shape index (κ2) is 6.18. The van der Waals surface area contributed by atoms with Crippen LogP contribution in [0.25, 0.3) is 0 Å². The topological polar surface area (TPSA) is 43.4 Å². The van der Waals surface area contributed by atoms with E-state index >= 15 is 0 Å². The van der Waals surface area contributed by atoms with Gasteiger partial charge >= 0.3 is 5.97 Å². The SMILES string of the molecule is CCOC(=O)C1(/C=C/CBr)CCCCC1=O. The van der Waals surface area contributed by atoms with Crippen molar-refractivity contribution in [3.05, 3.63) is 12.2 Å². The van der Waals surface area contributed by atoms with Crippen molar-refractivity contribution in [3.8, 4) is 0 Å². The standard InChI is InChI=1S/C12H17BrO3/c1-2-16-11(15)12(8-5-9-13)7-4-3-6-10(12)14/h5,8H,2-4,6-7,9H2,1H3/b8-5+. The number of carbonyl (C=O) groups excluding carboxylic acids is 2. The highest BCUT2D eigenvalue weighted by Crippen LogP contribution is 2.36. The molecule has 0 aromatic carbocycles. The van der Waals surface area contributed by atoms with Gasteiger partial charge in [-0.25, -0.2) is 0 Å². The fraction of sp³-hybridized carbons (Fsp3) is 0.667. The summed E-state index contributed by atoms with van der Waals surface area (Å²) in [6.07, 6.45) is 6.35. The molecular formula is C12H17BrO3. The normalized spacial score (nSPS) is 26.0. The molecule has 0 amide bonds. The van der Waals surface area contributed by atoms with Crippen LogP contribution >= 0.6 is 15.9 Å². The molecule has 16 heavy (non-hydrogen) atoms.